The molecular weight excluding hydrogens is 250 g/mol. The van der Waals surface area contributed by atoms with Crippen LogP contribution in [0.25, 0.3) is 0 Å². The van der Waals surface area contributed by atoms with Crippen LogP contribution in [0.1, 0.15) is 5.56 Å². The third kappa shape index (κ3) is 3.51. The zero-order valence-electron chi connectivity index (χ0n) is 9.99. The molecule has 0 unspecified atom stereocenters. The summed E-state index contributed by atoms with van der Waals surface area (Å²) in [7, 11) is 0. The number of hydrogen-bond acceptors (Lipinski definition) is 2. The zero-order valence-corrected chi connectivity index (χ0v) is 9.99. The van der Waals surface area contributed by atoms with E-state index in [1.807, 2.05) is 0 Å². The van der Waals surface area contributed by atoms with Gasteiger partial charge in [0.25, 0.3) is 0 Å². The maximum atomic E-state index is 13.3. The summed E-state index contributed by atoms with van der Waals surface area (Å²) in [4.78, 5) is 11.7. The van der Waals surface area contributed by atoms with Crippen LogP contribution in [-0.2, 0) is 11.2 Å². The smallest absolute Gasteiger partial charge is 0.228 e. The Bertz CT molecular complexity index is 614. The van der Waals surface area contributed by atoms with Crippen LogP contribution in [0.15, 0.2) is 42.5 Å². The van der Waals surface area contributed by atoms with Gasteiger partial charge in [-0.05, 0) is 29.8 Å². The molecule has 0 radical (unpaired) electrons. The van der Waals surface area contributed by atoms with Crippen LogP contribution in [0, 0.1) is 11.6 Å². The largest absolute Gasteiger partial charge is 0.399 e. The quantitative estimate of drug-likeness (QED) is 0.836. The van der Waals surface area contributed by atoms with Gasteiger partial charge in [-0.2, -0.15) is 0 Å². The molecule has 0 aliphatic rings. The van der Waals surface area contributed by atoms with E-state index in [0.29, 0.717) is 5.69 Å². The van der Waals surface area contributed by atoms with Crippen molar-refractivity contribution in [2.75, 3.05) is 11.1 Å². The third-order valence-corrected chi connectivity index (χ3v) is 2.52. The maximum Gasteiger partial charge on any atom is 0.228 e. The molecule has 3 nitrogen and oxygen atoms in total. The number of nitrogens with two attached hydrogens (primary N) is 1. The van der Waals surface area contributed by atoms with E-state index in [0.717, 1.165) is 17.7 Å². The number of carbonyl (C=O) groups excluding carboxylic acids is 1. The highest BCUT2D eigenvalue weighted by molar-refractivity contribution is 5.92. The van der Waals surface area contributed by atoms with Gasteiger partial charge in [0.1, 0.15) is 11.6 Å². The Morgan fingerprint density at radius 1 is 1.16 bits per heavy atom. The van der Waals surface area contributed by atoms with Crippen molar-refractivity contribution in [3.8, 4) is 0 Å². The van der Waals surface area contributed by atoms with E-state index in [2.05, 4.69) is 5.32 Å². The molecule has 2 rings (SSSR count). The van der Waals surface area contributed by atoms with E-state index in [9.17, 15) is 13.6 Å². The van der Waals surface area contributed by atoms with Gasteiger partial charge in [0.05, 0.1) is 12.1 Å². The Labute approximate surface area is 109 Å². The second-order valence-electron chi connectivity index (χ2n) is 4.09. The highest BCUT2D eigenvalue weighted by Crippen LogP contribution is 2.15. The maximum absolute atomic E-state index is 13.3. The molecule has 0 spiro atoms. The van der Waals surface area contributed by atoms with Crippen molar-refractivity contribution in [1.29, 1.82) is 0 Å². The summed E-state index contributed by atoms with van der Waals surface area (Å²) in [5, 5.41) is 2.38. The fraction of sp³-hybridized carbons (Fsp3) is 0.0714. The summed E-state index contributed by atoms with van der Waals surface area (Å²) in [5.74, 6) is -1.89. The standard InChI is InChI=1S/C14H12F2N2O/c15-10-4-5-13(12(16)8-10)18-14(19)7-9-2-1-3-11(17)6-9/h1-6,8H,7,17H2,(H,18,19). The lowest BCUT2D eigenvalue weighted by Gasteiger charge is -2.07. The summed E-state index contributed by atoms with van der Waals surface area (Å²) >= 11 is 0. The van der Waals surface area contributed by atoms with Crippen LogP contribution >= 0.6 is 0 Å². The number of halogens is 2. The summed E-state index contributed by atoms with van der Waals surface area (Å²) < 4.78 is 26.0. The average molecular weight is 262 g/mol. The Morgan fingerprint density at radius 3 is 2.63 bits per heavy atom. The average Bonchev–Trinajstić information content (AvgIpc) is 2.33. The highest BCUT2D eigenvalue weighted by Gasteiger charge is 2.08. The van der Waals surface area contributed by atoms with Crippen LogP contribution in [0.2, 0.25) is 0 Å². The van der Waals surface area contributed by atoms with Gasteiger partial charge in [0.2, 0.25) is 5.91 Å². The van der Waals surface area contributed by atoms with Crippen molar-refractivity contribution in [1.82, 2.24) is 0 Å². The fourth-order valence-electron chi connectivity index (χ4n) is 1.67. The van der Waals surface area contributed by atoms with Crippen molar-refractivity contribution >= 4 is 17.3 Å². The lowest BCUT2D eigenvalue weighted by molar-refractivity contribution is -0.115. The van der Waals surface area contributed by atoms with Crippen LogP contribution in [0.3, 0.4) is 0 Å². The van der Waals surface area contributed by atoms with Gasteiger partial charge < -0.3 is 11.1 Å². The van der Waals surface area contributed by atoms with Gasteiger partial charge in [-0.3, -0.25) is 4.79 Å². The Morgan fingerprint density at radius 2 is 1.95 bits per heavy atom. The summed E-state index contributed by atoms with van der Waals surface area (Å²) in [6, 6.07) is 9.84. The molecule has 0 saturated heterocycles. The number of hydrogen-bond donors (Lipinski definition) is 2. The molecule has 0 fully saturated rings. The molecule has 0 bridgehead atoms. The molecule has 98 valence electrons. The van der Waals surface area contributed by atoms with Crippen molar-refractivity contribution in [3.63, 3.8) is 0 Å². The van der Waals surface area contributed by atoms with Gasteiger partial charge in [-0.25, -0.2) is 8.78 Å². The lowest BCUT2D eigenvalue weighted by atomic mass is 10.1. The molecule has 1 amide bonds. The van der Waals surface area contributed by atoms with Crippen LogP contribution in [-0.4, -0.2) is 5.91 Å². The Hall–Kier alpha value is -2.43. The summed E-state index contributed by atoms with van der Waals surface area (Å²) in [5.41, 5.74) is 6.82. The predicted molar refractivity (Wildman–Crippen MR) is 69.5 cm³/mol. The third-order valence-electron chi connectivity index (χ3n) is 2.52. The first-order valence-electron chi connectivity index (χ1n) is 5.64. The molecule has 0 aliphatic carbocycles. The molecule has 3 N–H and O–H groups in total. The van der Waals surface area contributed by atoms with Crippen LogP contribution in [0.5, 0.6) is 0 Å². The SMILES string of the molecule is Nc1cccc(CC(=O)Nc2ccc(F)cc2F)c1. The second kappa shape index (κ2) is 5.48. The topological polar surface area (TPSA) is 55.1 Å². The van der Waals surface area contributed by atoms with Crippen LogP contribution in [0.4, 0.5) is 20.2 Å². The van der Waals surface area contributed by atoms with E-state index in [1.165, 1.54) is 6.07 Å². The van der Waals surface area contributed by atoms with Crippen molar-refractivity contribution in [2.24, 2.45) is 0 Å². The van der Waals surface area contributed by atoms with E-state index in [4.69, 9.17) is 5.73 Å². The van der Waals surface area contributed by atoms with Gasteiger partial charge >= 0.3 is 0 Å². The lowest BCUT2D eigenvalue weighted by Crippen LogP contribution is -2.15. The Balaban J connectivity index is 2.05. The first kappa shape index (κ1) is 13.0. The number of benzene rings is 2. The number of nitrogen functional groups attached to an aromatic ring is 1. The first-order chi connectivity index (χ1) is 9.04. The number of rotatable bonds is 3. The fourth-order valence-corrected chi connectivity index (χ4v) is 1.67. The summed E-state index contributed by atoms with van der Waals surface area (Å²) in [6.45, 7) is 0. The summed E-state index contributed by atoms with van der Waals surface area (Å²) in [6.07, 6.45) is 0.0713. The second-order valence-corrected chi connectivity index (χ2v) is 4.09. The first-order valence-corrected chi connectivity index (χ1v) is 5.64. The van der Waals surface area contributed by atoms with Crippen molar-refractivity contribution in [3.05, 3.63) is 59.7 Å². The Kier molecular flexibility index (Phi) is 3.75. The van der Waals surface area contributed by atoms with E-state index in [1.54, 1.807) is 24.3 Å². The normalized spacial score (nSPS) is 10.2. The molecule has 19 heavy (non-hydrogen) atoms. The van der Waals surface area contributed by atoms with E-state index in [-0.39, 0.29) is 12.1 Å². The number of nitrogens with one attached hydrogen (secondary N) is 1. The molecule has 0 saturated carbocycles. The number of carbonyl (C=O) groups is 1. The van der Waals surface area contributed by atoms with Crippen molar-refractivity contribution in [2.45, 2.75) is 6.42 Å². The highest BCUT2D eigenvalue weighted by atomic mass is 19.1. The van der Waals surface area contributed by atoms with Gasteiger partial charge in [-0.15, -0.1) is 0 Å². The molecule has 0 aromatic heterocycles. The molecule has 2 aromatic carbocycles. The number of amides is 1. The number of anilines is 2. The van der Waals surface area contributed by atoms with Crippen LogP contribution < -0.4 is 11.1 Å². The zero-order chi connectivity index (χ0) is 13.8. The molecule has 0 aliphatic heterocycles. The molecular formula is C14H12F2N2O. The van der Waals surface area contributed by atoms with Crippen molar-refractivity contribution < 1.29 is 13.6 Å². The minimum atomic E-state index is -0.805. The molecule has 0 heterocycles. The van der Waals surface area contributed by atoms with Gasteiger partial charge in [-0.1, -0.05) is 12.1 Å². The minimum Gasteiger partial charge on any atom is -0.399 e. The van der Waals surface area contributed by atoms with E-state index >= 15 is 0 Å². The monoisotopic (exact) mass is 262 g/mol. The molecule has 0 atom stereocenters. The minimum absolute atomic E-state index is 0.0460. The van der Waals surface area contributed by atoms with E-state index < -0.39 is 17.5 Å². The molecule has 2 aromatic rings. The predicted octanol–water partition coefficient (Wildman–Crippen LogP) is 2.73. The van der Waals surface area contributed by atoms with Gasteiger partial charge in [0.15, 0.2) is 0 Å². The van der Waals surface area contributed by atoms with Gasteiger partial charge in [0, 0.05) is 11.8 Å². The molecule has 5 heteroatoms.